The summed E-state index contributed by atoms with van der Waals surface area (Å²) in [7, 11) is 0. The van der Waals surface area contributed by atoms with Crippen LogP contribution in [0.2, 0.25) is 0 Å². The number of aromatic nitrogens is 4. The molecule has 8 nitrogen and oxygen atoms in total. The average Bonchev–Trinajstić information content (AvgIpc) is 3.29. The molecule has 0 atom stereocenters. The molecular weight excluding hydrogens is 382 g/mol. The van der Waals surface area contributed by atoms with E-state index in [1.165, 1.54) is 28.3 Å². The van der Waals surface area contributed by atoms with Gasteiger partial charge in [0.25, 0.3) is 11.1 Å². The van der Waals surface area contributed by atoms with E-state index in [0.29, 0.717) is 29.9 Å². The van der Waals surface area contributed by atoms with E-state index in [1.807, 2.05) is 6.07 Å². The van der Waals surface area contributed by atoms with E-state index in [1.54, 1.807) is 30.6 Å². The van der Waals surface area contributed by atoms with Gasteiger partial charge in [0.2, 0.25) is 5.91 Å². The summed E-state index contributed by atoms with van der Waals surface area (Å²) < 4.78 is 2.95. The summed E-state index contributed by atoms with van der Waals surface area (Å²) in [5.74, 6) is 0.221. The molecule has 1 aliphatic rings. The van der Waals surface area contributed by atoms with Gasteiger partial charge in [-0.15, -0.1) is 0 Å². The summed E-state index contributed by atoms with van der Waals surface area (Å²) in [6.07, 6.45) is 7.79. The Morgan fingerprint density at radius 1 is 1.03 bits per heavy atom. The number of amides is 1. The predicted molar refractivity (Wildman–Crippen MR) is 113 cm³/mol. The van der Waals surface area contributed by atoms with Crippen molar-refractivity contribution < 1.29 is 4.79 Å². The molecular formula is C22H25N5O3. The van der Waals surface area contributed by atoms with Crippen LogP contribution in [-0.2, 0) is 17.9 Å². The molecule has 3 aromatic rings. The molecule has 0 spiro atoms. The van der Waals surface area contributed by atoms with Gasteiger partial charge in [0.05, 0.1) is 29.3 Å². The number of carbonyl (C=O) groups is 1. The number of carbonyl (C=O) groups excluding carboxylic acids is 1. The Morgan fingerprint density at radius 3 is 2.60 bits per heavy atom. The van der Waals surface area contributed by atoms with Gasteiger partial charge < -0.3 is 5.32 Å². The van der Waals surface area contributed by atoms with E-state index < -0.39 is 0 Å². The fraction of sp³-hybridized carbons (Fsp3) is 0.409. The third kappa shape index (κ3) is 4.48. The molecule has 4 rings (SSSR count). The molecule has 1 saturated carbocycles. The average molecular weight is 407 g/mol. The number of nitrogens with one attached hydrogen (secondary N) is 1. The topological polar surface area (TPSA) is 98.9 Å². The van der Waals surface area contributed by atoms with E-state index in [0.717, 1.165) is 18.5 Å². The summed E-state index contributed by atoms with van der Waals surface area (Å²) in [6.45, 7) is 0.939. The van der Waals surface area contributed by atoms with E-state index in [4.69, 9.17) is 0 Å². The predicted octanol–water partition coefficient (Wildman–Crippen LogP) is 1.82. The van der Waals surface area contributed by atoms with Gasteiger partial charge in [-0.05, 0) is 25.0 Å². The van der Waals surface area contributed by atoms with Crippen LogP contribution in [-0.4, -0.2) is 31.6 Å². The van der Waals surface area contributed by atoms with Crippen molar-refractivity contribution in [1.29, 1.82) is 0 Å². The van der Waals surface area contributed by atoms with Crippen molar-refractivity contribution in [2.45, 2.75) is 51.1 Å². The minimum absolute atomic E-state index is 0.0880. The number of nitrogens with zero attached hydrogens (tertiary/aromatic N) is 4. The largest absolute Gasteiger partial charge is 0.354 e. The number of hydrogen-bond acceptors (Lipinski definition) is 5. The lowest BCUT2D eigenvalue weighted by Crippen LogP contribution is -2.32. The Kier molecular flexibility index (Phi) is 6.02. The van der Waals surface area contributed by atoms with Gasteiger partial charge in [-0.3, -0.25) is 23.5 Å². The van der Waals surface area contributed by atoms with Crippen LogP contribution in [0.1, 0.15) is 43.7 Å². The second-order valence-electron chi connectivity index (χ2n) is 7.69. The first-order valence-electron chi connectivity index (χ1n) is 10.4. The van der Waals surface area contributed by atoms with Crippen molar-refractivity contribution >= 4 is 16.8 Å². The maximum Gasteiger partial charge on any atom is 0.261 e. The Bertz CT molecular complexity index is 1160. The van der Waals surface area contributed by atoms with Gasteiger partial charge in [-0.25, -0.2) is 9.97 Å². The van der Waals surface area contributed by atoms with Gasteiger partial charge in [0.1, 0.15) is 0 Å². The first-order valence-corrected chi connectivity index (χ1v) is 10.4. The van der Waals surface area contributed by atoms with Crippen LogP contribution in [0.15, 0.2) is 52.6 Å². The summed E-state index contributed by atoms with van der Waals surface area (Å²) in [6, 6.07) is 8.75. The number of aryl methyl sites for hydroxylation is 1. The minimum atomic E-state index is -0.182. The van der Waals surface area contributed by atoms with Gasteiger partial charge in [-0.2, -0.15) is 0 Å². The molecule has 2 heterocycles. The lowest BCUT2D eigenvalue weighted by molar-refractivity contribution is -0.121. The normalized spacial score (nSPS) is 14.3. The lowest BCUT2D eigenvalue weighted by atomic mass is 10.0. The zero-order valence-electron chi connectivity index (χ0n) is 16.8. The van der Waals surface area contributed by atoms with E-state index in [9.17, 15) is 14.4 Å². The molecule has 0 bridgehead atoms. The minimum Gasteiger partial charge on any atom is -0.354 e. The van der Waals surface area contributed by atoms with Crippen molar-refractivity contribution in [2.24, 2.45) is 0 Å². The molecule has 1 N–H and O–H groups in total. The Morgan fingerprint density at radius 2 is 1.80 bits per heavy atom. The first-order chi connectivity index (χ1) is 14.6. The maximum absolute atomic E-state index is 12.4. The summed E-state index contributed by atoms with van der Waals surface area (Å²) >= 11 is 0. The van der Waals surface area contributed by atoms with Crippen molar-refractivity contribution in [3.63, 3.8) is 0 Å². The van der Waals surface area contributed by atoms with Gasteiger partial charge in [-0.1, -0.05) is 25.0 Å². The van der Waals surface area contributed by atoms with Crippen molar-refractivity contribution in [1.82, 2.24) is 24.4 Å². The van der Waals surface area contributed by atoms with Crippen LogP contribution in [0.25, 0.3) is 10.9 Å². The molecule has 30 heavy (non-hydrogen) atoms. The number of hydrogen-bond donors (Lipinski definition) is 1. The second kappa shape index (κ2) is 9.02. The van der Waals surface area contributed by atoms with Crippen LogP contribution in [0.4, 0.5) is 0 Å². The number of benzene rings is 1. The third-order valence-electron chi connectivity index (χ3n) is 5.66. The molecule has 0 saturated heterocycles. The fourth-order valence-electron chi connectivity index (χ4n) is 3.94. The molecule has 1 aliphatic carbocycles. The molecule has 1 fully saturated rings. The zero-order chi connectivity index (χ0) is 20.9. The highest BCUT2D eigenvalue weighted by molar-refractivity contribution is 5.77. The summed E-state index contributed by atoms with van der Waals surface area (Å²) in [4.78, 5) is 45.6. The molecule has 1 amide bonds. The number of fused-ring (bicyclic) bond motifs is 1. The van der Waals surface area contributed by atoms with E-state index in [2.05, 4.69) is 15.3 Å². The molecule has 0 radical (unpaired) electrons. The first kappa shape index (κ1) is 20.0. The van der Waals surface area contributed by atoms with Crippen molar-refractivity contribution in [3.8, 4) is 0 Å². The van der Waals surface area contributed by atoms with Crippen LogP contribution < -0.4 is 16.4 Å². The fourth-order valence-corrected chi connectivity index (χ4v) is 3.94. The maximum atomic E-state index is 12.4. The van der Waals surface area contributed by atoms with E-state index >= 15 is 0 Å². The molecule has 8 heteroatoms. The highest BCUT2D eigenvalue weighted by Crippen LogP contribution is 2.32. The molecule has 0 unspecified atom stereocenters. The SMILES string of the molecule is O=C(CCn1cnc2ccccc2c1=O)NCCn1cnc(C2CCCC2)cc1=O. The lowest BCUT2D eigenvalue weighted by Gasteiger charge is -2.11. The Hall–Kier alpha value is -3.29. The molecule has 1 aromatic carbocycles. The second-order valence-corrected chi connectivity index (χ2v) is 7.69. The highest BCUT2D eigenvalue weighted by atomic mass is 16.2. The third-order valence-corrected chi connectivity index (χ3v) is 5.66. The quantitative estimate of drug-likeness (QED) is 0.644. The van der Waals surface area contributed by atoms with E-state index in [-0.39, 0.29) is 30.0 Å². The molecule has 2 aromatic heterocycles. The van der Waals surface area contributed by atoms with Gasteiger partial charge in [0.15, 0.2) is 0 Å². The van der Waals surface area contributed by atoms with Gasteiger partial charge >= 0.3 is 0 Å². The van der Waals surface area contributed by atoms with Crippen LogP contribution in [0, 0.1) is 0 Å². The highest BCUT2D eigenvalue weighted by Gasteiger charge is 2.18. The van der Waals surface area contributed by atoms with Crippen LogP contribution in [0.3, 0.4) is 0 Å². The summed E-state index contributed by atoms with van der Waals surface area (Å²) in [5, 5.41) is 3.33. The number of para-hydroxylation sites is 1. The van der Waals surface area contributed by atoms with Crippen LogP contribution in [0.5, 0.6) is 0 Å². The van der Waals surface area contributed by atoms with Crippen molar-refractivity contribution in [2.75, 3.05) is 6.54 Å². The Labute approximate surface area is 173 Å². The van der Waals surface area contributed by atoms with Crippen molar-refractivity contribution in [3.05, 3.63) is 69.4 Å². The summed E-state index contributed by atoms with van der Waals surface area (Å²) in [5.41, 5.74) is 1.27. The standard InChI is InChI=1S/C22H25N5O3/c28-20(9-11-27-15-24-18-8-4-3-7-17(18)22(27)30)23-10-12-26-14-25-19(13-21(26)29)16-5-1-2-6-16/h3-4,7-8,13-16H,1-2,5-6,9-12H2,(H,23,28). The zero-order valence-corrected chi connectivity index (χ0v) is 16.8. The number of rotatable bonds is 7. The monoisotopic (exact) mass is 407 g/mol. The molecule has 0 aliphatic heterocycles. The smallest absolute Gasteiger partial charge is 0.261 e. The Balaban J connectivity index is 1.28. The molecule has 156 valence electrons. The van der Waals surface area contributed by atoms with Crippen LogP contribution >= 0.6 is 0 Å². The van der Waals surface area contributed by atoms with Gasteiger partial charge in [0, 0.05) is 38.0 Å².